The van der Waals surface area contributed by atoms with Crippen LogP contribution >= 0.6 is 0 Å². The van der Waals surface area contributed by atoms with Gasteiger partial charge >= 0.3 is 0 Å². The van der Waals surface area contributed by atoms with Crippen LogP contribution in [0.4, 0.5) is 0 Å². The summed E-state index contributed by atoms with van der Waals surface area (Å²) in [5.74, 6) is 0.706. The van der Waals surface area contributed by atoms with Crippen molar-refractivity contribution in [2.24, 2.45) is 7.05 Å². The third-order valence-electron chi connectivity index (χ3n) is 6.34. The number of imidazole rings is 1. The molecule has 0 unspecified atom stereocenters. The van der Waals surface area contributed by atoms with E-state index in [4.69, 9.17) is 4.98 Å². The van der Waals surface area contributed by atoms with Gasteiger partial charge in [0.2, 0.25) is 0 Å². The normalized spacial score (nSPS) is 19.8. The van der Waals surface area contributed by atoms with Gasteiger partial charge in [-0.1, -0.05) is 30.3 Å². The van der Waals surface area contributed by atoms with Crippen molar-refractivity contribution in [3.63, 3.8) is 0 Å². The van der Waals surface area contributed by atoms with Gasteiger partial charge in [-0.15, -0.1) is 0 Å². The number of rotatable bonds is 3. The molecule has 0 saturated carbocycles. The molecular weight excluding hydrogens is 392 g/mol. The van der Waals surface area contributed by atoms with Crippen molar-refractivity contribution in [3.05, 3.63) is 59.7 Å². The summed E-state index contributed by atoms with van der Waals surface area (Å²) in [5.41, 5.74) is 3.00. The predicted molar refractivity (Wildman–Crippen MR) is 116 cm³/mol. The summed E-state index contributed by atoms with van der Waals surface area (Å²) in [6.45, 7) is 0.635. The standard InChI is InChI=1S/C23H26N6O2/c1-26(2)23(31)20-19-11-17-9-10-18(29(17)22(30)16-12-24-27(3)13-16)14-28(19)21(25-20)15-7-5-4-6-8-15/h4-8,12-13,17-18H,9-11,14H2,1-3H3/t17-,18+/m0/s1. The average Bonchev–Trinajstić information content (AvgIpc) is 3.42. The van der Waals surface area contributed by atoms with Crippen LogP contribution in [0.25, 0.3) is 11.4 Å². The van der Waals surface area contributed by atoms with Crippen molar-refractivity contribution in [3.8, 4) is 11.4 Å². The van der Waals surface area contributed by atoms with E-state index < -0.39 is 0 Å². The maximum Gasteiger partial charge on any atom is 0.273 e. The number of carbonyl (C=O) groups excluding carboxylic acids is 2. The van der Waals surface area contributed by atoms with Gasteiger partial charge in [0.15, 0.2) is 0 Å². The van der Waals surface area contributed by atoms with Gasteiger partial charge in [-0.2, -0.15) is 5.10 Å². The van der Waals surface area contributed by atoms with Crippen molar-refractivity contribution in [1.82, 2.24) is 29.1 Å². The second-order valence-corrected chi connectivity index (χ2v) is 8.61. The Bertz CT molecular complexity index is 1150. The number of carbonyl (C=O) groups is 2. The number of amides is 2. The van der Waals surface area contributed by atoms with Crippen molar-refractivity contribution < 1.29 is 9.59 Å². The molecule has 0 N–H and O–H groups in total. The molecule has 2 aliphatic heterocycles. The molecule has 2 bridgehead atoms. The van der Waals surface area contributed by atoms with E-state index in [1.54, 1.807) is 36.1 Å². The van der Waals surface area contributed by atoms with Crippen LogP contribution in [0, 0.1) is 0 Å². The molecule has 3 aromatic rings. The third-order valence-corrected chi connectivity index (χ3v) is 6.34. The Kier molecular flexibility index (Phi) is 4.64. The summed E-state index contributed by atoms with van der Waals surface area (Å²) in [4.78, 5) is 34.7. The number of nitrogens with zero attached hydrogens (tertiary/aromatic N) is 6. The van der Waals surface area contributed by atoms with E-state index in [2.05, 4.69) is 9.67 Å². The molecular formula is C23H26N6O2. The first kappa shape index (κ1) is 19.5. The third kappa shape index (κ3) is 3.22. The molecule has 2 amide bonds. The van der Waals surface area contributed by atoms with Gasteiger partial charge < -0.3 is 14.4 Å². The average molecular weight is 419 g/mol. The predicted octanol–water partition coefficient (Wildman–Crippen LogP) is 2.21. The van der Waals surface area contributed by atoms with Gasteiger partial charge in [0.1, 0.15) is 11.5 Å². The molecule has 31 heavy (non-hydrogen) atoms. The van der Waals surface area contributed by atoms with E-state index in [9.17, 15) is 9.59 Å². The first-order chi connectivity index (χ1) is 14.9. The van der Waals surface area contributed by atoms with Crippen LogP contribution in [-0.4, -0.2) is 67.1 Å². The molecule has 5 rings (SSSR count). The topological polar surface area (TPSA) is 76.3 Å². The van der Waals surface area contributed by atoms with Crippen molar-refractivity contribution >= 4 is 11.8 Å². The number of aromatic nitrogens is 4. The van der Waals surface area contributed by atoms with Gasteiger partial charge in [0.25, 0.3) is 11.8 Å². The maximum atomic E-state index is 13.4. The number of hydrogen-bond acceptors (Lipinski definition) is 4. The molecule has 1 fully saturated rings. The molecule has 0 aliphatic carbocycles. The molecule has 4 heterocycles. The Hall–Kier alpha value is -3.42. The Morgan fingerprint density at radius 1 is 1.10 bits per heavy atom. The minimum absolute atomic E-state index is 0.0149. The van der Waals surface area contributed by atoms with Crippen molar-refractivity contribution in [2.75, 3.05) is 14.1 Å². The van der Waals surface area contributed by atoms with Crippen LogP contribution in [0.15, 0.2) is 42.7 Å². The monoisotopic (exact) mass is 418 g/mol. The first-order valence-corrected chi connectivity index (χ1v) is 10.6. The lowest BCUT2D eigenvalue weighted by molar-refractivity contribution is 0.0666. The molecule has 0 radical (unpaired) electrons. The summed E-state index contributed by atoms with van der Waals surface area (Å²) in [6.07, 6.45) is 5.89. The van der Waals surface area contributed by atoms with Crippen LogP contribution in [-0.2, 0) is 20.0 Å². The second-order valence-electron chi connectivity index (χ2n) is 8.61. The molecule has 8 nitrogen and oxygen atoms in total. The molecule has 160 valence electrons. The molecule has 8 heteroatoms. The van der Waals surface area contributed by atoms with E-state index in [0.717, 1.165) is 29.9 Å². The lowest BCUT2D eigenvalue weighted by Crippen LogP contribution is -2.42. The van der Waals surface area contributed by atoms with E-state index in [1.165, 1.54) is 0 Å². The number of hydrogen-bond donors (Lipinski definition) is 0. The zero-order valence-electron chi connectivity index (χ0n) is 18.0. The molecule has 0 spiro atoms. The molecule has 2 aliphatic rings. The highest BCUT2D eigenvalue weighted by molar-refractivity contribution is 5.95. The van der Waals surface area contributed by atoms with E-state index in [1.807, 2.05) is 42.3 Å². The summed E-state index contributed by atoms with van der Waals surface area (Å²) in [6, 6.07) is 10.1. The van der Waals surface area contributed by atoms with Crippen LogP contribution in [0.3, 0.4) is 0 Å². The Labute approximate surface area is 181 Å². The summed E-state index contributed by atoms with van der Waals surface area (Å²) >= 11 is 0. The second kappa shape index (κ2) is 7.37. The minimum Gasteiger partial charge on any atom is -0.343 e. The molecule has 2 aromatic heterocycles. The fourth-order valence-electron chi connectivity index (χ4n) is 4.87. The van der Waals surface area contributed by atoms with Crippen LogP contribution in [0.1, 0.15) is 39.4 Å². The number of aryl methyl sites for hydroxylation is 1. The fraction of sp³-hybridized carbons (Fsp3) is 0.391. The molecule has 1 saturated heterocycles. The molecule has 1 aromatic carbocycles. The van der Waals surface area contributed by atoms with E-state index in [0.29, 0.717) is 24.2 Å². The highest BCUT2D eigenvalue weighted by atomic mass is 16.2. The van der Waals surface area contributed by atoms with Crippen LogP contribution < -0.4 is 0 Å². The van der Waals surface area contributed by atoms with Crippen LogP contribution in [0.2, 0.25) is 0 Å². The van der Waals surface area contributed by atoms with Crippen molar-refractivity contribution in [1.29, 1.82) is 0 Å². The lowest BCUT2D eigenvalue weighted by Gasteiger charge is -2.27. The van der Waals surface area contributed by atoms with Gasteiger partial charge in [0.05, 0.1) is 23.5 Å². The zero-order chi connectivity index (χ0) is 21.7. The number of fused-ring (bicyclic) bond motifs is 3. The van der Waals surface area contributed by atoms with E-state index >= 15 is 0 Å². The SMILES string of the molecule is CN(C)C(=O)c1nc(-c2ccccc2)n2c1C[C@@H]1CC[C@H](C2)N1C(=O)c1cnn(C)c1. The minimum atomic E-state index is -0.103. The Balaban J connectivity index is 1.59. The summed E-state index contributed by atoms with van der Waals surface area (Å²) in [7, 11) is 5.31. The zero-order valence-corrected chi connectivity index (χ0v) is 18.0. The van der Waals surface area contributed by atoms with Crippen molar-refractivity contribution in [2.45, 2.75) is 37.9 Å². The van der Waals surface area contributed by atoms with E-state index in [-0.39, 0.29) is 23.9 Å². The van der Waals surface area contributed by atoms with Gasteiger partial charge in [-0.05, 0) is 12.8 Å². The Morgan fingerprint density at radius 2 is 1.84 bits per heavy atom. The highest BCUT2D eigenvalue weighted by Crippen LogP contribution is 2.36. The Morgan fingerprint density at radius 3 is 2.52 bits per heavy atom. The number of benzene rings is 1. The molecule has 2 atom stereocenters. The maximum absolute atomic E-state index is 13.4. The smallest absolute Gasteiger partial charge is 0.273 e. The quantitative estimate of drug-likeness (QED) is 0.654. The van der Waals surface area contributed by atoms with Gasteiger partial charge in [-0.3, -0.25) is 14.3 Å². The highest BCUT2D eigenvalue weighted by Gasteiger charge is 2.42. The fourth-order valence-corrected chi connectivity index (χ4v) is 4.87. The lowest BCUT2D eigenvalue weighted by atomic mass is 10.0. The van der Waals surface area contributed by atoms with Gasteiger partial charge in [-0.25, -0.2) is 4.98 Å². The van der Waals surface area contributed by atoms with Crippen LogP contribution in [0.5, 0.6) is 0 Å². The summed E-state index contributed by atoms with van der Waals surface area (Å²) in [5, 5.41) is 4.17. The van der Waals surface area contributed by atoms with Gasteiger partial charge in [0, 0.05) is 51.9 Å². The largest absolute Gasteiger partial charge is 0.343 e. The summed E-state index contributed by atoms with van der Waals surface area (Å²) < 4.78 is 3.82. The first-order valence-electron chi connectivity index (χ1n) is 10.6.